The highest BCUT2D eigenvalue weighted by Gasteiger charge is 2.65. The van der Waals surface area contributed by atoms with Crippen LogP contribution in [0.25, 0.3) is 0 Å². The first-order valence-corrected chi connectivity index (χ1v) is 22.1. The van der Waals surface area contributed by atoms with Gasteiger partial charge in [0, 0.05) is 50.8 Å². The highest BCUT2D eigenvalue weighted by molar-refractivity contribution is 7.89. The average Bonchev–Trinajstić information content (AvgIpc) is 3.21. The van der Waals surface area contributed by atoms with Crippen molar-refractivity contribution in [2.45, 2.75) is 95.3 Å². The van der Waals surface area contributed by atoms with Gasteiger partial charge < -0.3 is 34.6 Å². The number of ether oxygens (including phenoxy) is 3. The number of carbonyl (C=O) groups excluding carboxylic acids is 1. The van der Waals surface area contributed by atoms with Crippen molar-refractivity contribution < 1.29 is 42.5 Å². The number of benzene rings is 3. The Bertz CT molecular complexity index is 2140. The molecule has 3 N–H and O–H groups in total. The second kappa shape index (κ2) is 19.2. The summed E-state index contributed by atoms with van der Waals surface area (Å²) in [6, 6.07) is 16.9. The van der Waals surface area contributed by atoms with Crippen molar-refractivity contribution >= 4 is 27.3 Å². The number of fused-ring (bicyclic) bond motifs is 2. The number of carbonyl (C=O) groups is 1. The number of hydrogen-bond donors (Lipinski definition) is 3. The molecule has 0 unspecified atom stereocenters. The Kier molecular flexibility index (Phi) is 14.4. The van der Waals surface area contributed by atoms with Gasteiger partial charge in [-0.05, 0) is 130 Å². The summed E-state index contributed by atoms with van der Waals surface area (Å²) in [6.07, 6.45) is 8.47. The number of unbranched alkanes of at least 4 members (excludes halogenated alkanes) is 2. The van der Waals surface area contributed by atoms with Gasteiger partial charge in [0.05, 0.1) is 29.2 Å². The van der Waals surface area contributed by atoms with Crippen molar-refractivity contribution in [3.05, 3.63) is 102 Å². The summed E-state index contributed by atoms with van der Waals surface area (Å²) in [5.41, 5.74) is 5.16. The molecule has 1 heterocycles. The average molecular weight is 830 g/mol. The summed E-state index contributed by atoms with van der Waals surface area (Å²) in [6.45, 7) is 11.9. The maximum absolute atomic E-state index is 14.7. The van der Waals surface area contributed by atoms with Crippen LogP contribution in [0.5, 0.6) is 17.2 Å². The van der Waals surface area contributed by atoms with Crippen molar-refractivity contribution in [1.29, 1.82) is 0 Å². The Morgan fingerprint density at radius 3 is 2.36 bits per heavy atom. The van der Waals surface area contributed by atoms with Gasteiger partial charge in [0.15, 0.2) is 0 Å². The zero-order valence-electron chi connectivity index (χ0n) is 34.9. The third kappa shape index (κ3) is 9.29. The van der Waals surface area contributed by atoms with Crippen LogP contribution >= 0.6 is 0 Å². The van der Waals surface area contributed by atoms with Gasteiger partial charge in [0.25, 0.3) is 0 Å². The number of allylic oxidation sites excluding steroid dienone is 1. The second-order valence-corrected chi connectivity index (χ2v) is 17.8. The Hall–Kier alpha value is -4.53. The first-order valence-electron chi connectivity index (χ1n) is 20.7. The van der Waals surface area contributed by atoms with E-state index in [9.17, 15) is 23.4 Å². The number of amides is 1. The van der Waals surface area contributed by atoms with Gasteiger partial charge in [-0.25, -0.2) is 8.42 Å². The molecular formula is C46H59N3O9S. The number of rotatable bonds is 19. The van der Waals surface area contributed by atoms with E-state index in [2.05, 4.69) is 37.0 Å². The van der Waals surface area contributed by atoms with E-state index >= 15 is 0 Å². The van der Waals surface area contributed by atoms with Gasteiger partial charge in [-0.3, -0.25) is 4.79 Å². The van der Waals surface area contributed by atoms with Gasteiger partial charge in [-0.1, -0.05) is 36.2 Å². The molecule has 59 heavy (non-hydrogen) atoms. The quantitative estimate of drug-likeness (QED) is 0.0619. The van der Waals surface area contributed by atoms with Crippen LogP contribution in [0.1, 0.15) is 81.4 Å². The number of aryl methyl sites for hydroxylation is 2. The molecule has 1 aliphatic heterocycles. The minimum atomic E-state index is -4.20. The Labute approximate surface area is 348 Å². The predicted molar refractivity (Wildman–Crippen MR) is 228 cm³/mol. The molecule has 6 atom stereocenters. The van der Waals surface area contributed by atoms with Gasteiger partial charge in [0.1, 0.15) is 23.9 Å². The molecular weight excluding hydrogens is 771 g/mol. The molecule has 3 aliphatic rings. The first-order chi connectivity index (χ1) is 28.4. The fourth-order valence-corrected chi connectivity index (χ4v) is 10.4. The maximum Gasteiger partial charge on any atom is 0.243 e. The zero-order valence-corrected chi connectivity index (χ0v) is 35.7. The summed E-state index contributed by atoms with van der Waals surface area (Å²) < 4.78 is 51.4. The predicted octanol–water partition coefficient (Wildman–Crippen LogP) is 8.03. The van der Waals surface area contributed by atoms with Crippen LogP contribution in [-0.2, 0) is 24.4 Å². The lowest BCUT2D eigenvalue weighted by atomic mass is 9.55. The summed E-state index contributed by atoms with van der Waals surface area (Å²) in [5.74, 6) is -0.683. The van der Waals surface area contributed by atoms with Gasteiger partial charge in [-0.2, -0.15) is 4.31 Å². The third-order valence-electron chi connectivity index (χ3n) is 12.0. The topological polar surface area (TPSA) is 156 Å². The fraction of sp³-hybridized carbons (Fsp3) is 0.478. The molecule has 3 aromatic rings. The summed E-state index contributed by atoms with van der Waals surface area (Å²) >= 11 is 0. The highest BCUT2D eigenvalue weighted by Crippen LogP contribution is 2.62. The molecule has 1 saturated carbocycles. The minimum Gasteiger partial charge on any atom is -0.460 e. The number of aliphatic hydroxyl groups excluding tert-OH is 2. The van der Waals surface area contributed by atoms with E-state index in [1.54, 1.807) is 25.3 Å². The smallest absolute Gasteiger partial charge is 0.243 e. The lowest BCUT2D eigenvalue weighted by molar-refractivity contribution is -0.250. The second-order valence-electron chi connectivity index (χ2n) is 15.8. The van der Waals surface area contributed by atoms with Crippen molar-refractivity contribution in [2.75, 3.05) is 38.8 Å². The zero-order chi connectivity index (χ0) is 42.3. The number of nitrogens with zero attached hydrogens (tertiary/aromatic N) is 2. The Balaban J connectivity index is 1.57. The number of hydrogen-bond acceptors (Lipinski definition) is 10. The molecule has 0 bridgehead atoms. The van der Waals surface area contributed by atoms with E-state index in [0.717, 1.165) is 47.9 Å². The maximum atomic E-state index is 14.7. The molecule has 0 radical (unpaired) electrons. The Morgan fingerprint density at radius 1 is 1.00 bits per heavy atom. The van der Waals surface area contributed by atoms with E-state index < -0.39 is 27.8 Å². The standard InChI is InChI=1S/C46H59N3O9S/c1-7-25-55-46-43(49(6)59(53,54)37-20-16-34(17-21-37)47-32(5)52)29-41(48-56-8-2)39-27-33(13-9-11-23-50)38(14-10-12-24-51)44(45(39)46)40-28-36(19-22-42(40)58-46)57-35-18-15-30(3)31(4)26-35/h7,15-22,26-28,33,38,43-45,50-51H,1,8-14,23-25,29H2,2-6H3,(H,47,52)/t33-,38+,43-,44+,45+,46+/m0/s1. The van der Waals surface area contributed by atoms with E-state index in [1.807, 2.05) is 43.3 Å². The van der Waals surface area contributed by atoms with Crippen LogP contribution in [0.15, 0.2) is 95.0 Å². The number of sulfonamides is 1. The van der Waals surface area contributed by atoms with Crippen molar-refractivity contribution in [3.8, 4) is 17.2 Å². The van der Waals surface area contributed by atoms with E-state index in [0.29, 0.717) is 48.1 Å². The van der Waals surface area contributed by atoms with Crippen LogP contribution in [-0.4, -0.2) is 79.9 Å². The lowest BCUT2D eigenvalue weighted by Crippen LogP contribution is -2.69. The van der Waals surface area contributed by atoms with Gasteiger partial charge >= 0.3 is 0 Å². The molecule has 0 spiro atoms. The molecule has 12 nitrogen and oxygen atoms in total. The van der Waals surface area contributed by atoms with Crippen molar-refractivity contribution in [1.82, 2.24) is 4.31 Å². The fourth-order valence-electron chi connectivity index (χ4n) is 9.07. The molecule has 1 amide bonds. The van der Waals surface area contributed by atoms with Gasteiger partial charge in [0.2, 0.25) is 21.7 Å². The SMILES string of the molecule is C=CCO[C@@]12Oc3ccc(Oc4ccc(C)c(C)c4)cc3[C@H]3[C@H](CCCCO)[C@@H](CCCCO)C=C(C(=NOCC)C[C@@H]1N(C)S(=O)(=O)c1ccc(NC(C)=O)cc1)[C@H]32. The summed E-state index contributed by atoms with van der Waals surface area (Å²) in [5, 5.41) is 27.1. The molecule has 0 saturated heterocycles. The molecule has 2 aliphatic carbocycles. The number of anilines is 1. The van der Waals surface area contributed by atoms with Crippen LogP contribution < -0.4 is 14.8 Å². The van der Waals surface area contributed by atoms with Crippen LogP contribution in [0.2, 0.25) is 0 Å². The molecule has 3 aromatic carbocycles. The van der Waals surface area contributed by atoms with Crippen molar-refractivity contribution in [3.63, 3.8) is 0 Å². The minimum absolute atomic E-state index is 0.00976. The number of likely N-dealkylation sites (N-methyl/N-ethyl adjacent to an activating group) is 1. The largest absolute Gasteiger partial charge is 0.460 e. The van der Waals surface area contributed by atoms with Crippen LogP contribution in [0, 0.1) is 31.6 Å². The molecule has 13 heteroatoms. The van der Waals surface area contributed by atoms with Gasteiger partial charge in [-0.15, -0.1) is 6.58 Å². The monoisotopic (exact) mass is 829 g/mol. The van der Waals surface area contributed by atoms with E-state index in [4.69, 9.17) is 19.0 Å². The lowest BCUT2D eigenvalue weighted by Gasteiger charge is -2.59. The molecule has 318 valence electrons. The number of oxime groups is 1. The Morgan fingerprint density at radius 2 is 1.69 bits per heavy atom. The van der Waals surface area contributed by atoms with E-state index in [-0.39, 0.29) is 54.8 Å². The molecule has 1 fully saturated rings. The molecule has 6 rings (SSSR count). The van der Waals surface area contributed by atoms with E-state index in [1.165, 1.54) is 23.4 Å². The highest BCUT2D eigenvalue weighted by atomic mass is 32.2. The normalized spacial score (nSPS) is 24.1. The molecule has 0 aromatic heterocycles. The third-order valence-corrected chi connectivity index (χ3v) is 13.8. The number of aliphatic hydroxyl groups is 2. The summed E-state index contributed by atoms with van der Waals surface area (Å²) in [7, 11) is -2.66. The first kappa shape index (κ1) is 44.0. The number of nitrogens with one attached hydrogen (secondary N) is 1. The van der Waals surface area contributed by atoms with Crippen LogP contribution in [0.3, 0.4) is 0 Å². The van der Waals surface area contributed by atoms with Crippen molar-refractivity contribution in [2.24, 2.45) is 22.9 Å². The summed E-state index contributed by atoms with van der Waals surface area (Å²) in [4.78, 5) is 17.5. The van der Waals surface area contributed by atoms with Crippen LogP contribution in [0.4, 0.5) is 5.69 Å².